The molecule has 0 saturated carbocycles. The van der Waals surface area contributed by atoms with E-state index < -0.39 is 10.0 Å². The molecule has 0 aromatic carbocycles. The van der Waals surface area contributed by atoms with Crippen molar-refractivity contribution in [2.24, 2.45) is 5.73 Å². The second-order valence-electron chi connectivity index (χ2n) is 4.23. The van der Waals surface area contributed by atoms with Crippen molar-refractivity contribution in [3.05, 3.63) is 38.2 Å². The van der Waals surface area contributed by atoms with Crippen LogP contribution in [0.25, 0.3) is 0 Å². The molecule has 4 nitrogen and oxygen atoms in total. The topological polar surface area (TPSA) is 72.2 Å². The zero-order valence-corrected chi connectivity index (χ0v) is 13.2. The van der Waals surface area contributed by atoms with Gasteiger partial charge in [0.1, 0.15) is 4.90 Å². The van der Waals surface area contributed by atoms with Crippen LogP contribution in [0.4, 0.5) is 0 Å². The Bertz CT molecular complexity index is 645. The number of rotatable bonds is 5. The second kappa shape index (κ2) is 5.72. The van der Waals surface area contributed by atoms with Crippen LogP contribution in [-0.4, -0.2) is 8.42 Å². The third-order valence-corrected chi connectivity index (χ3v) is 6.83. The van der Waals surface area contributed by atoms with E-state index >= 15 is 0 Å². The van der Waals surface area contributed by atoms with Gasteiger partial charge in [0.05, 0.1) is 6.04 Å². The van der Waals surface area contributed by atoms with E-state index in [1.807, 2.05) is 29.8 Å². The summed E-state index contributed by atoms with van der Waals surface area (Å²) >= 11 is 2.92. The molecule has 2 aromatic heterocycles. The predicted molar refractivity (Wildman–Crippen MR) is 80.0 cm³/mol. The highest BCUT2D eigenvalue weighted by Crippen LogP contribution is 2.28. The maximum atomic E-state index is 12.4. The lowest BCUT2D eigenvalue weighted by molar-refractivity contribution is 0.567. The van der Waals surface area contributed by atoms with E-state index in [9.17, 15) is 8.42 Å². The molecule has 1 unspecified atom stereocenters. The van der Waals surface area contributed by atoms with Gasteiger partial charge in [-0.3, -0.25) is 0 Å². The first kappa shape index (κ1) is 14.7. The van der Waals surface area contributed by atoms with Crippen LogP contribution >= 0.6 is 22.7 Å². The van der Waals surface area contributed by atoms with Crippen LogP contribution in [0, 0.1) is 6.92 Å². The van der Waals surface area contributed by atoms with Gasteiger partial charge in [0.15, 0.2) is 0 Å². The first-order chi connectivity index (χ1) is 8.95. The Morgan fingerprint density at radius 2 is 2.16 bits per heavy atom. The molecule has 3 N–H and O–H groups in total. The molecule has 0 aliphatic rings. The number of hydrogen-bond donors (Lipinski definition) is 2. The van der Waals surface area contributed by atoms with Gasteiger partial charge in [0.25, 0.3) is 0 Å². The number of nitrogens with two attached hydrogens (primary N) is 1. The fourth-order valence-corrected chi connectivity index (χ4v) is 5.61. The van der Waals surface area contributed by atoms with Gasteiger partial charge in [0, 0.05) is 16.3 Å². The van der Waals surface area contributed by atoms with Crippen LogP contribution in [0.5, 0.6) is 0 Å². The average molecular weight is 316 g/mol. The third kappa shape index (κ3) is 3.06. The van der Waals surface area contributed by atoms with Crippen LogP contribution < -0.4 is 10.5 Å². The minimum Gasteiger partial charge on any atom is -0.326 e. The number of sulfonamides is 1. The van der Waals surface area contributed by atoms with E-state index in [1.165, 1.54) is 22.7 Å². The second-order valence-corrected chi connectivity index (χ2v) is 7.83. The van der Waals surface area contributed by atoms with Gasteiger partial charge >= 0.3 is 0 Å². The zero-order chi connectivity index (χ0) is 14.0. The third-order valence-electron chi connectivity index (χ3n) is 2.75. The molecule has 2 aromatic rings. The van der Waals surface area contributed by atoms with Gasteiger partial charge < -0.3 is 5.73 Å². The van der Waals surface area contributed by atoms with Crippen LogP contribution in [0.2, 0.25) is 0 Å². The van der Waals surface area contributed by atoms with Gasteiger partial charge in [-0.05, 0) is 36.2 Å². The Morgan fingerprint density at radius 3 is 2.74 bits per heavy atom. The van der Waals surface area contributed by atoms with E-state index in [1.54, 1.807) is 6.92 Å². The van der Waals surface area contributed by atoms with Gasteiger partial charge in [-0.1, -0.05) is 6.07 Å². The van der Waals surface area contributed by atoms with Gasteiger partial charge in [-0.25, -0.2) is 13.1 Å². The van der Waals surface area contributed by atoms with Crippen molar-refractivity contribution < 1.29 is 8.42 Å². The summed E-state index contributed by atoms with van der Waals surface area (Å²) in [5, 5.41) is 3.76. The summed E-state index contributed by atoms with van der Waals surface area (Å²) in [4.78, 5) is 2.03. The first-order valence-electron chi connectivity index (χ1n) is 5.78. The van der Waals surface area contributed by atoms with Gasteiger partial charge in [-0.2, -0.15) is 0 Å². The summed E-state index contributed by atoms with van der Waals surface area (Å²) in [6.45, 7) is 3.87. The van der Waals surface area contributed by atoms with Crippen LogP contribution in [0.1, 0.15) is 28.3 Å². The lowest BCUT2D eigenvalue weighted by Crippen LogP contribution is -2.27. The Kier molecular flexibility index (Phi) is 4.42. The Hall–Kier alpha value is -0.730. The van der Waals surface area contributed by atoms with Gasteiger partial charge in [-0.15, -0.1) is 22.7 Å². The largest absolute Gasteiger partial charge is 0.326 e. The molecule has 0 amide bonds. The fraction of sp³-hybridized carbons (Fsp3) is 0.333. The molecule has 0 saturated heterocycles. The van der Waals surface area contributed by atoms with E-state index in [2.05, 4.69) is 4.72 Å². The average Bonchev–Trinajstić information content (AvgIpc) is 2.96. The molecule has 7 heteroatoms. The minimum atomic E-state index is -3.53. The Morgan fingerprint density at radius 1 is 1.42 bits per heavy atom. The summed E-state index contributed by atoms with van der Waals surface area (Å²) in [7, 11) is -3.53. The van der Waals surface area contributed by atoms with Crippen molar-refractivity contribution in [1.29, 1.82) is 0 Å². The molecule has 0 aliphatic carbocycles. The number of hydrogen-bond acceptors (Lipinski definition) is 5. The Labute approximate surface area is 121 Å². The van der Waals surface area contributed by atoms with E-state index in [-0.39, 0.29) is 12.6 Å². The normalized spacial score (nSPS) is 13.6. The Balaban J connectivity index is 2.30. The van der Waals surface area contributed by atoms with E-state index in [0.717, 1.165) is 10.4 Å². The highest BCUT2D eigenvalue weighted by molar-refractivity contribution is 7.89. The maximum absolute atomic E-state index is 12.4. The van der Waals surface area contributed by atoms with Crippen molar-refractivity contribution >= 4 is 32.7 Å². The van der Waals surface area contributed by atoms with Crippen LogP contribution in [-0.2, 0) is 16.6 Å². The monoisotopic (exact) mass is 316 g/mol. The first-order valence-corrected chi connectivity index (χ1v) is 9.02. The molecule has 0 bridgehead atoms. The molecule has 0 fully saturated rings. The lowest BCUT2D eigenvalue weighted by atomic mass is 10.3. The van der Waals surface area contributed by atoms with Crippen molar-refractivity contribution in [1.82, 2.24) is 4.72 Å². The molecule has 2 rings (SSSR count). The molecule has 0 radical (unpaired) electrons. The van der Waals surface area contributed by atoms with Crippen LogP contribution in [0.3, 0.4) is 0 Å². The van der Waals surface area contributed by atoms with Crippen molar-refractivity contribution in [3.63, 3.8) is 0 Å². The maximum Gasteiger partial charge on any atom is 0.242 e. The quantitative estimate of drug-likeness (QED) is 0.890. The summed E-state index contributed by atoms with van der Waals surface area (Å²) in [6, 6.07) is 3.59. The van der Waals surface area contributed by atoms with Crippen molar-refractivity contribution in [3.8, 4) is 0 Å². The number of thiophene rings is 2. The summed E-state index contributed by atoms with van der Waals surface area (Å²) in [5.74, 6) is 0. The smallest absolute Gasteiger partial charge is 0.242 e. The summed E-state index contributed by atoms with van der Waals surface area (Å²) < 4.78 is 27.6. The molecular formula is C12H16N2O2S3. The molecule has 0 spiro atoms. The summed E-state index contributed by atoms with van der Waals surface area (Å²) in [5.41, 5.74) is 6.35. The summed E-state index contributed by atoms with van der Waals surface area (Å²) in [6.07, 6.45) is 0. The SMILES string of the molecule is Cc1csc(CN)c1S(=O)(=O)NC(C)c1cccs1. The molecule has 1 atom stereocenters. The fourth-order valence-electron chi connectivity index (χ4n) is 1.88. The standard InChI is InChI=1S/C12H16N2O2S3/c1-8-7-18-11(6-13)12(8)19(15,16)14-9(2)10-4-3-5-17-10/h3-5,7,9,14H,6,13H2,1-2H3. The molecule has 19 heavy (non-hydrogen) atoms. The highest BCUT2D eigenvalue weighted by atomic mass is 32.2. The molecule has 104 valence electrons. The predicted octanol–water partition coefficient (Wildman–Crippen LogP) is 2.62. The minimum absolute atomic E-state index is 0.238. The molecule has 2 heterocycles. The van der Waals surface area contributed by atoms with Crippen LogP contribution in [0.15, 0.2) is 27.8 Å². The lowest BCUT2D eigenvalue weighted by Gasteiger charge is -2.13. The van der Waals surface area contributed by atoms with Crippen molar-refractivity contribution in [2.45, 2.75) is 31.3 Å². The van der Waals surface area contributed by atoms with E-state index in [0.29, 0.717) is 9.77 Å². The zero-order valence-electron chi connectivity index (χ0n) is 10.7. The number of aryl methyl sites for hydroxylation is 1. The molecule has 0 aliphatic heterocycles. The van der Waals surface area contributed by atoms with E-state index in [4.69, 9.17) is 5.73 Å². The molecular weight excluding hydrogens is 300 g/mol. The number of nitrogens with one attached hydrogen (secondary N) is 1. The highest BCUT2D eigenvalue weighted by Gasteiger charge is 2.24. The van der Waals surface area contributed by atoms with Gasteiger partial charge in [0.2, 0.25) is 10.0 Å². The van der Waals surface area contributed by atoms with Crippen molar-refractivity contribution in [2.75, 3.05) is 0 Å².